The van der Waals surface area contributed by atoms with Crippen molar-refractivity contribution in [3.8, 4) is 5.75 Å². The van der Waals surface area contributed by atoms with Crippen LogP contribution in [0.4, 0.5) is 0 Å². The van der Waals surface area contributed by atoms with Gasteiger partial charge in [-0.25, -0.2) is 0 Å². The lowest BCUT2D eigenvalue weighted by atomic mass is 10.1. The molecule has 2 heterocycles. The number of amides is 1. The molecule has 6 heteroatoms. The number of carbonyl (C=O) groups excluding carboxylic acids is 1. The number of aromatic nitrogens is 1. The van der Waals surface area contributed by atoms with Gasteiger partial charge in [0, 0.05) is 11.9 Å². The molecular formula is C19H26N3O3+. The number of fused-ring (bicyclic) bond motifs is 1. The average Bonchev–Trinajstić information content (AvgIpc) is 2.63. The SMILES string of the molecule is CCn1c(=O)c(C(=O)NCC[NH+]2CCCCC2)c(O)c2ccccc21. The molecule has 2 aromatic rings. The Hall–Kier alpha value is -2.34. The first-order valence-corrected chi connectivity index (χ1v) is 9.09. The third kappa shape index (κ3) is 3.54. The molecule has 1 aromatic heterocycles. The fraction of sp³-hybridized carbons (Fsp3) is 0.474. The van der Waals surface area contributed by atoms with Crippen LogP contribution >= 0.6 is 0 Å². The van der Waals surface area contributed by atoms with E-state index in [9.17, 15) is 14.7 Å². The molecule has 0 spiro atoms. The van der Waals surface area contributed by atoms with E-state index in [-0.39, 0.29) is 11.3 Å². The van der Waals surface area contributed by atoms with Crippen molar-refractivity contribution in [1.82, 2.24) is 9.88 Å². The number of benzene rings is 1. The first kappa shape index (κ1) is 17.5. The largest absolute Gasteiger partial charge is 0.506 e. The fourth-order valence-corrected chi connectivity index (χ4v) is 3.65. The van der Waals surface area contributed by atoms with Gasteiger partial charge in [0.05, 0.1) is 31.7 Å². The number of piperidine rings is 1. The van der Waals surface area contributed by atoms with Gasteiger partial charge in [-0.05, 0) is 38.3 Å². The van der Waals surface area contributed by atoms with E-state index in [1.54, 1.807) is 18.2 Å². The molecule has 0 saturated carbocycles. The molecule has 1 aliphatic rings. The number of nitrogens with zero attached hydrogens (tertiary/aromatic N) is 1. The molecule has 1 fully saturated rings. The van der Waals surface area contributed by atoms with Crippen LogP contribution in [0.25, 0.3) is 10.9 Å². The smallest absolute Gasteiger partial charge is 0.267 e. The van der Waals surface area contributed by atoms with E-state index >= 15 is 0 Å². The number of hydrogen-bond acceptors (Lipinski definition) is 3. The number of hydrogen-bond donors (Lipinski definition) is 3. The molecule has 0 atom stereocenters. The topological polar surface area (TPSA) is 75.8 Å². The highest BCUT2D eigenvalue weighted by Crippen LogP contribution is 2.25. The van der Waals surface area contributed by atoms with E-state index in [0.717, 1.165) is 19.6 Å². The lowest BCUT2D eigenvalue weighted by molar-refractivity contribution is -0.903. The molecule has 1 amide bonds. The van der Waals surface area contributed by atoms with Crippen LogP contribution in [-0.2, 0) is 6.54 Å². The minimum absolute atomic E-state index is 0.158. The summed E-state index contributed by atoms with van der Waals surface area (Å²) in [6.07, 6.45) is 3.75. The van der Waals surface area contributed by atoms with Crippen molar-refractivity contribution in [2.45, 2.75) is 32.7 Å². The Morgan fingerprint density at radius 1 is 1.24 bits per heavy atom. The Morgan fingerprint density at radius 3 is 2.68 bits per heavy atom. The number of aromatic hydroxyl groups is 1. The first-order valence-electron chi connectivity index (χ1n) is 9.09. The van der Waals surface area contributed by atoms with Crippen LogP contribution in [0.2, 0.25) is 0 Å². The molecule has 6 nitrogen and oxygen atoms in total. The number of pyridine rings is 1. The highest BCUT2D eigenvalue weighted by Gasteiger charge is 2.22. The van der Waals surface area contributed by atoms with Gasteiger partial charge < -0.3 is 19.9 Å². The summed E-state index contributed by atoms with van der Waals surface area (Å²) >= 11 is 0. The van der Waals surface area contributed by atoms with Crippen molar-refractivity contribution in [3.63, 3.8) is 0 Å². The second-order valence-corrected chi connectivity index (χ2v) is 6.61. The van der Waals surface area contributed by atoms with E-state index in [1.165, 1.54) is 28.7 Å². The Labute approximate surface area is 147 Å². The van der Waals surface area contributed by atoms with E-state index < -0.39 is 11.5 Å². The standard InChI is InChI=1S/C19H25N3O3/c1-2-22-15-9-5-4-8-14(15)17(23)16(19(22)25)18(24)20-10-13-21-11-6-3-7-12-21/h4-5,8-9,23H,2-3,6-7,10-13H2,1H3,(H,20,24)/p+1. The molecule has 0 radical (unpaired) electrons. The van der Waals surface area contributed by atoms with Crippen molar-refractivity contribution >= 4 is 16.8 Å². The molecule has 1 aliphatic heterocycles. The summed E-state index contributed by atoms with van der Waals surface area (Å²) in [5.41, 5.74) is 0.0394. The molecule has 3 rings (SSSR count). The van der Waals surface area contributed by atoms with Gasteiger partial charge in [0.15, 0.2) is 0 Å². The highest BCUT2D eigenvalue weighted by molar-refractivity contribution is 6.02. The monoisotopic (exact) mass is 344 g/mol. The molecule has 0 unspecified atom stereocenters. The van der Waals surface area contributed by atoms with Crippen molar-refractivity contribution in [2.75, 3.05) is 26.2 Å². The number of quaternary nitrogens is 1. The van der Waals surface area contributed by atoms with E-state index in [4.69, 9.17) is 0 Å². The molecule has 0 bridgehead atoms. The number of rotatable bonds is 5. The number of carbonyl (C=O) groups is 1. The summed E-state index contributed by atoms with van der Waals surface area (Å²) < 4.78 is 1.53. The zero-order valence-electron chi connectivity index (χ0n) is 14.7. The first-order chi connectivity index (χ1) is 12.1. The van der Waals surface area contributed by atoms with Gasteiger partial charge in [0.1, 0.15) is 11.3 Å². The predicted molar refractivity (Wildman–Crippen MR) is 97.3 cm³/mol. The van der Waals surface area contributed by atoms with Crippen molar-refractivity contribution < 1.29 is 14.8 Å². The molecule has 0 aliphatic carbocycles. The second kappa shape index (κ2) is 7.70. The van der Waals surface area contributed by atoms with Crippen LogP contribution in [0.5, 0.6) is 5.75 Å². The maximum atomic E-state index is 12.7. The number of nitrogens with one attached hydrogen (secondary N) is 2. The van der Waals surface area contributed by atoms with Crippen LogP contribution in [0.3, 0.4) is 0 Å². The number of likely N-dealkylation sites (tertiary alicyclic amines) is 1. The maximum absolute atomic E-state index is 12.7. The lowest BCUT2D eigenvalue weighted by Gasteiger charge is -2.23. The van der Waals surface area contributed by atoms with Gasteiger partial charge in [-0.3, -0.25) is 9.59 Å². The van der Waals surface area contributed by atoms with Gasteiger partial charge in [-0.2, -0.15) is 0 Å². The Morgan fingerprint density at radius 2 is 1.96 bits per heavy atom. The van der Waals surface area contributed by atoms with Gasteiger partial charge >= 0.3 is 0 Å². The Kier molecular flexibility index (Phi) is 5.38. The van der Waals surface area contributed by atoms with Gasteiger partial charge in [0.2, 0.25) is 0 Å². The van der Waals surface area contributed by atoms with Crippen LogP contribution in [0.1, 0.15) is 36.5 Å². The maximum Gasteiger partial charge on any atom is 0.267 e. The highest BCUT2D eigenvalue weighted by atomic mass is 16.3. The van der Waals surface area contributed by atoms with Gasteiger partial charge in [-0.1, -0.05) is 12.1 Å². The number of aryl methyl sites for hydroxylation is 1. The quantitative estimate of drug-likeness (QED) is 0.740. The van der Waals surface area contributed by atoms with Crippen molar-refractivity contribution in [3.05, 3.63) is 40.2 Å². The predicted octanol–water partition coefficient (Wildman–Crippen LogP) is 0.526. The average molecular weight is 344 g/mol. The Bertz CT molecular complexity index is 823. The molecule has 1 saturated heterocycles. The fourth-order valence-electron chi connectivity index (χ4n) is 3.65. The summed E-state index contributed by atoms with van der Waals surface area (Å²) in [6, 6.07) is 7.11. The minimum Gasteiger partial charge on any atom is -0.506 e. The van der Waals surface area contributed by atoms with Crippen LogP contribution in [-0.4, -0.2) is 41.8 Å². The summed E-state index contributed by atoms with van der Waals surface area (Å²) in [6.45, 7) is 5.93. The normalized spacial score (nSPS) is 15.4. The summed E-state index contributed by atoms with van der Waals surface area (Å²) in [4.78, 5) is 26.7. The van der Waals surface area contributed by atoms with E-state index in [0.29, 0.717) is 24.0 Å². The molecule has 134 valence electrons. The van der Waals surface area contributed by atoms with Crippen LogP contribution in [0.15, 0.2) is 29.1 Å². The zero-order valence-corrected chi connectivity index (χ0v) is 14.7. The van der Waals surface area contributed by atoms with Crippen LogP contribution in [0, 0.1) is 0 Å². The summed E-state index contributed by atoms with van der Waals surface area (Å²) in [5, 5.41) is 13.8. The third-order valence-corrected chi connectivity index (χ3v) is 5.01. The molecular weight excluding hydrogens is 318 g/mol. The van der Waals surface area contributed by atoms with Gasteiger partial charge in [0.25, 0.3) is 11.5 Å². The second-order valence-electron chi connectivity index (χ2n) is 6.61. The van der Waals surface area contributed by atoms with E-state index in [1.807, 2.05) is 13.0 Å². The van der Waals surface area contributed by atoms with E-state index in [2.05, 4.69) is 5.32 Å². The molecule has 25 heavy (non-hydrogen) atoms. The number of para-hydroxylation sites is 1. The summed E-state index contributed by atoms with van der Waals surface area (Å²) in [7, 11) is 0. The van der Waals surface area contributed by atoms with Crippen LogP contribution < -0.4 is 15.8 Å². The molecule has 1 aromatic carbocycles. The lowest BCUT2D eigenvalue weighted by Crippen LogP contribution is -3.13. The Balaban J connectivity index is 1.82. The molecule has 3 N–H and O–H groups in total. The zero-order chi connectivity index (χ0) is 17.8. The van der Waals surface area contributed by atoms with Crippen molar-refractivity contribution in [2.24, 2.45) is 0 Å². The third-order valence-electron chi connectivity index (χ3n) is 5.01. The van der Waals surface area contributed by atoms with Crippen molar-refractivity contribution in [1.29, 1.82) is 0 Å². The minimum atomic E-state index is -0.494. The van der Waals surface area contributed by atoms with Gasteiger partial charge in [-0.15, -0.1) is 0 Å². The summed E-state index contributed by atoms with van der Waals surface area (Å²) in [5.74, 6) is -0.722.